The quantitative estimate of drug-likeness (QED) is 0.889. The van der Waals surface area contributed by atoms with Gasteiger partial charge in [-0.3, -0.25) is 9.69 Å². The molecule has 1 aromatic carbocycles. The monoisotopic (exact) mass is 270 g/mol. The van der Waals surface area contributed by atoms with Crippen molar-refractivity contribution in [2.45, 2.75) is 19.5 Å². The van der Waals surface area contributed by atoms with E-state index in [4.69, 9.17) is 16.3 Å². The van der Waals surface area contributed by atoms with E-state index < -0.39 is 0 Å². The maximum atomic E-state index is 11.6. The van der Waals surface area contributed by atoms with Gasteiger partial charge in [0.25, 0.3) is 0 Å². The molecule has 0 spiro atoms. The molecule has 0 aliphatic rings. The van der Waals surface area contributed by atoms with Crippen LogP contribution in [-0.4, -0.2) is 38.1 Å². The number of nitrogens with one attached hydrogen (secondary N) is 1. The molecule has 0 aliphatic carbocycles. The number of nitrogens with zero attached hydrogens (tertiary/aromatic N) is 1. The number of halogens is 1. The van der Waals surface area contributed by atoms with Crippen LogP contribution in [0.3, 0.4) is 0 Å². The number of hydrogen-bond acceptors (Lipinski definition) is 3. The normalized spacial score (nSPS) is 12.3. The van der Waals surface area contributed by atoms with Crippen LogP contribution >= 0.6 is 11.6 Å². The Morgan fingerprint density at radius 2 is 2.22 bits per heavy atom. The third kappa shape index (κ3) is 3.62. The summed E-state index contributed by atoms with van der Waals surface area (Å²) in [6.45, 7) is 2.45. The first kappa shape index (κ1) is 14.8. The molecule has 0 saturated carbocycles. The first-order chi connectivity index (χ1) is 8.49. The molecule has 1 aromatic rings. The second-order valence-electron chi connectivity index (χ2n) is 4.16. The van der Waals surface area contributed by atoms with Crippen molar-refractivity contribution in [2.24, 2.45) is 0 Å². The van der Waals surface area contributed by atoms with Gasteiger partial charge in [0.05, 0.1) is 13.2 Å². The topological polar surface area (TPSA) is 41.6 Å². The van der Waals surface area contributed by atoms with Gasteiger partial charge in [0.15, 0.2) is 0 Å². The van der Waals surface area contributed by atoms with Gasteiger partial charge in [-0.2, -0.15) is 0 Å². The molecule has 100 valence electrons. The molecule has 0 aromatic heterocycles. The average Bonchev–Trinajstić information content (AvgIpc) is 2.37. The van der Waals surface area contributed by atoms with Crippen LogP contribution in [0.2, 0.25) is 5.02 Å². The number of carbonyl (C=O) groups is 1. The Kier molecular flexibility index (Phi) is 5.44. The van der Waals surface area contributed by atoms with Crippen LogP contribution < -0.4 is 10.1 Å². The summed E-state index contributed by atoms with van der Waals surface area (Å²) in [4.78, 5) is 13.5. The molecule has 1 rings (SSSR count). The maximum absolute atomic E-state index is 11.6. The Bertz CT molecular complexity index is 423. The fourth-order valence-corrected chi connectivity index (χ4v) is 1.88. The minimum atomic E-state index is -0.210. The summed E-state index contributed by atoms with van der Waals surface area (Å²) in [6, 6.07) is 5.26. The lowest BCUT2D eigenvalue weighted by Crippen LogP contribution is -2.41. The van der Waals surface area contributed by atoms with Crippen molar-refractivity contribution in [3.8, 4) is 5.75 Å². The molecule has 1 N–H and O–H groups in total. The van der Waals surface area contributed by atoms with Gasteiger partial charge in [0, 0.05) is 24.2 Å². The van der Waals surface area contributed by atoms with Gasteiger partial charge >= 0.3 is 0 Å². The van der Waals surface area contributed by atoms with Crippen LogP contribution in [0, 0.1) is 0 Å². The van der Waals surface area contributed by atoms with Crippen LogP contribution in [0.15, 0.2) is 18.2 Å². The molecule has 0 fully saturated rings. The largest absolute Gasteiger partial charge is 0.496 e. The Hall–Kier alpha value is -1.26. The molecule has 0 aliphatic heterocycles. The molecule has 0 unspecified atom stereocenters. The zero-order valence-corrected chi connectivity index (χ0v) is 11.9. The average molecular weight is 271 g/mol. The Balaban J connectivity index is 2.83. The highest BCUT2D eigenvalue weighted by Crippen LogP contribution is 2.24. The van der Waals surface area contributed by atoms with E-state index in [2.05, 4.69) is 5.32 Å². The van der Waals surface area contributed by atoms with Crippen molar-refractivity contribution < 1.29 is 9.53 Å². The number of amides is 1. The smallest absolute Gasteiger partial charge is 0.236 e. The Labute approximate surface area is 113 Å². The van der Waals surface area contributed by atoms with Gasteiger partial charge < -0.3 is 10.1 Å². The summed E-state index contributed by atoms with van der Waals surface area (Å²) in [5.74, 6) is 0.758. The second kappa shape index (κ2) is 6.61. The molecular weight excluding hydrogens is 252 g/mol. The van der Waals surface area contributed by atoms with Crippen molar-refractivity contribution in [1.29, 1.82) is 0 Å². The highest BCUT2D eigenvalue weighted by atomic mass is 35.5. The van der Waals surface area contributed by atoms with E-state index in [0.29, 0.717) is 11.6 Å². The number of rotatable bonds is 5. The molecule has 18 heavy (non-hydrogen) atoms. The fraction of sp³-hybridized carbons (Fsp3) is 0.462. The molecule has 0 saturated heterocycles. The molecule has 1 amide bonds. The number of hydrogen-bond donors (Lipinski definition) is 1. The van der Waals surface area contributed by atoms with Crippen molar-refractivity contribution in [3.05, 3.63) is 28.8 Å². The minimum absolute atomic E-state index is 0.0153. The number of methoxy groups -OCH3 is 1. The first-order valence-electron chi connectivity index (χ1n) is 5.73. The summed E-state index contributed by atoms with van der Waals surface area (Å²) < 4.78 is 5.28. The lowest BCUT2D eigenvalue weighted by molar-refractivity contribution is -0.125. The van der Waals surface area contributed by atoms with Crippen LogP contribution in [-0.2, 0) is 11.3 Å². The number of benzene rings is 1. The summed E-state index contributed by atoms with van der Waals surface area (Å²) >= 11 is 5.97. The van der Waals surface area contributed by atoms with Gasteiger partial charge in [-0.05, 0) is 32.2 Å². The van der Waals surface area contributed by atoms with E-state index in [9.17, 15) is 4.79 Å². The molecule has 0 bridgehead atoms. The van der Waals surface area contributed by atoms with Crippen LogP contribution in [0.1, 0.15) is 12.5 Å². The lowest BCUT2D eigenvalue weighted by Gasteiger charge is -2.24. The summed E-state index contributed by atoms with van der Waals surface area (Å²) in [5.41, 5.74) is 0.961. The molecular formula is C13H19ClN2O2. The molecule has 5 heteroatoms. The molecule has 4 nitrogen and oxygen atoms in total. The van der Waals surface area contributed by atoms with Gasteiger partial charge in [-0.15, -0.1) is 0 Å². The highest BCUT2D eigenvalue weighted by Gasteiger charge is 2.18. The van der Waals surface area contributed by atoms with Crippen molar-refractivity contribution in [2.75, 3.05) is 21.2 Å². The molecule has 0 heterocycles. The van der Waals surface area contributed by atoms with Gasteiger partial charge in [-0.1, -0.05) is 11.6 Å². The van der Waals surface area contributed by atoms with E-state index in [0.717, 1.165) is 11.3 Å². The van der Waals surface area contributed by atoms with Crippen LogP contribution in [0.25, 0.3) is 0 Å². The zero-order chi connectivity index (χ0) is 13.7. The fourth-order valence-electron chi connectivity index (χ4n) is 1.69. The predicted molar refractivity (Wildman–Crippen MR) is 73.0 cm³/mol. The Morgan fingerprint density at radius 1 is 1.56 bits per heavy atom. The zero-order valence-electron chi connectivity index (χ0n) is 11.2. The van der Waals surface area contributed by atoms with E-state index in [1.54, 1.807) is 20.2 Å². The number of likely N-dealkylation sites (N-methyl/N-ethyl adjacent to an activating group) is 2. The maximum Gasteiger partial charge on any atom is 0.236 e. The van der Waals surface area contributed by atoms with Crippen molar-refractivity contribution >= 4 is 17.5 Å². The third-order valence-corrected chi connectivity index (χ3v) is 3.18. The Morgan fingerprint density at radius 3 is 2.78 bits per heavy atom. The van der Waals surface area contributed by atoms with Crippen molar-refractivity contribution in [3.63, 3.8) is 0 Å². The third-order valence-electron chi connectivity index (χ3n) is 2.95. The summed E-state index contributed by atoms with van der Waals surface area (Å²) in [5, 5.41) is 3.29. The van der Waals surface area contributed by atoms with E-state index >= 15 is 0 Å². The standard InChI is InChI=1S/C13H19ClN2O2/c1-9(13(17)15-2)16(3)8-10-7-11(14)5-6-12(10)18-4/h5-7,9H,8H2,1-4H3,(H,15,17)/t9-/m1/s1. The van der Waals surface area contributed by atoms with E-state index in [-0.39, 0.29) is 11.9 Å². The lowest BCUT2D eigenvalue weighted by atomic mass is 10.1. The predicted octanol–water partition coefficient (Wildman–Crippen LogP) is 1.91. The first-order valence-corrected chi connectivity index (χ1v) is 6.11. The number of ether oxygens (including phenoxy) is 1. The van der Waals surface area contributed by atoms with Gasteiger partial charge in [0.1, 0.15) is 5.75 Å². The summed E-state index contributed by atoms with van der Waals surface area (Å²) in [7, 11) is 5.14. The van der Waals surface area contributed by atoms with E-state index in [1.807, 2.05) is 31.0 Å². The minimum Gasteiger partial charge on any atom is -0.496 e. The summed E-state index contributed by atoms with van der Waals surface area (Å²) in [6.07, 6.45) is 0. The van der Waals surface area contributed by atoms with Crippen LogP contribution in [0.4, 0.5) is 0 Å². The molecule has 0 radical (unpaired) electrons. The number of carbonyl (C=O) groups excluding carboxylic acids is 1. The van der Waals surface area contributed by atoms with Gasteiger partial charge in [0.2, 0.25) is 5.91 Å². The van der Waals surface area contributed by atoms with Gasteiger partial charge in [-0.25, -0.2) is 0 Å². The second-order valence-corrected chi connectivity index (χ2v) is 4.60. The SMILES string of the molecule is CNC(=O)[C@@H](C)N(C)Cc1cc(Cl)ccc1OC. The van der Waals surface area contributed by atoms with Crippen LogP contribution in [0.5, 0.6) is 5.75 Å². The van der Waals surface area contributed by atoms with Crippen molar-refractivity contribution in [1.82, 2.24) is 10.2 Å². The molecule has 1 atom stereocenters. The van der Waals surface area contributed by atoms with E-state index in [1.165, 1.54) is 0 Å². The highest BCUT2D eigenvalue weighted by molar-refractivity contribution is 6.30.